The second-order valence-corrected chi connectivity index (χ2v) is 4.23. The smallest absolute Gasteiger partial charge is 0.155 e. The molecule has 0 aliphatic rings. The van der Waals surface area contributed by atoms with Crippen LogP contribution in [0.4, 0.5) is 0 Å². The Bertz CT molecular complexity index is 642. The minimum absolute atomic E-state index is 0.711. The molecule has 0 bridgehead atoms. The van der Waals surface area contributed by atoms with Crippen molar-refractivity contribution < 1.29 is 4.42 Å². The number of hydrogen-bond acceptors (Lipinski definition) is 4. The second kappa shape index (κ2) is 4.62. The summed E-state index contributed by atoms with van der Waals surface area (Å²) in [6.45, 7) is 3.41. The highest BCUT2D eigenvalue weighted by Gasteiger charge is 2.01. The molecular weight excluding hydrogens is 228 g/mol. The predicted molar refractivity (Wildman–Crippen MR) is 67.0 cm³/mol. The van der Waals surface area contributed by atoms with E-state index in [4.69, 9.17) is 4.42 Å². The van der Waals surface area contributed by atoms with Gasteiger partial charge in [-0.05, 0) is 19.1 Å². The Hall–Kier alpha value is -2.14. The molecule has 5 heteroatoms. The molecule has 0 spiro atoms. The second-order valence-electron chi connectivity index (χ2n) is 4.23. The van der Waals surface area contributed by atoms with Crippen molar-refractivity contribution in [2.75, 3.05) is 0 Å². The van der Waals surface area contributed by atoms with E-state index in [1.165, 1.54) is 0 Å². The molecule has 0 atom stereocenters. The van der Waals surface area contributed by atoms with Crippen LogP contribution in [-0.4, -0.2) is 14.6 Å². The van der Waals surface area contributed by atoms with Crippen LogP contribution in [0.5, 0.6) is 0 Å². The predicted octanol–water partition coefficient (Wildman–Crippen LogP) is 1.92. The summed E-state index contributed by atoms with van der Waals surface area (Å²) in [6, 6.07) is 5.79. The molecule has 0 aliphatic carbocycles. The average Bonchev–Trinajstić information content (AvgIpc) is 2.96. The maximum absolute atomic E-state index is 5.25. The molecule has 0 unspecified atom stereocenters. The molecule has 18 heavy (non-hydrogen) atoms. The summed E-state index contributed by atoms with van der Waals surface area (Å²) in [4.78, 5) is 4.35. The lowest BCUT2D eigenvalue weighted by atomic mass is 10.3. The molecular formula is C13H14N4O. The Morgan fingerprint density at radius 1 is 1.39 bits per heavy atom. The van der Waals surface area contributed by atoms with Gasteiger partial charge >= 0.3 is 0 Å². The van der Waals surface area contributed by atoms with E-state index in [2.05, 4.69) is 15.4 Å². The van der Waals surface area contributed by atoms with Crippen LogP contribution < -0.4 is 5.32 Å². The van der Waals surface area contributed by atoms with Gasteiger partial charge in [0.25, 0.3) is 0 Å². The van der Waals surface area contributed by atoms with Gasteiger partial charge in [0.15, 0.2) is 5.65 Å². The number of hydrogen-bond donors (Lipinski definition) is 1. The summed E-state index contributed by atoms with van der Waals surface area (Å²) in [6.07, 6.45) is 5.53. The maximum atomic E-state index is 5.25. The third-order valence-corrected chi connectivity index (χ3v) is 2.70. The van der Waals surface area contributed by atoms with E-state index >= 15 is 0 Å². The van der Waals surface area contributed by atoms with Crippen LogP contribution in [0.2, 0.25) is 0 Å². The molecule has 0 aromatic carbocycles. The third-order valence-electron chi connectivity index (χ3n) is 2.70. The number of rotatable bonds is 4. The SMILES string of the molecule is Cc1cc2ncc(CNCc3ccco3)cn2n1. The number of aryl methyl sites for hydroxylation is 1. The van der Waals surface area contributed by atoms with Crippen LogP contribution in [0.15, 0.2) is 41.3 Å². The van der Waals surface area contributed by atoms with Crippen molar-refractivity contribution >= 4 is 5.65 Å². The van der Waals surface area contributed by atoms with Crippen LogP contribution in [0, 0.1) is 6.92 Å². The van der Waals surface area contributed by atoms with Gasteiger partial charge in [-0.3, -0.25) is 0 Å². The van der Waals surface area contributed by atoms with Crippen molar-refractivity contribution in [2.45, 2.75) is 20.0 Å². The van der Waals surface area contributed by atoms with E-state index in [1.54, 1.807) is 10.8 Å². The van der Waals surface area contributed by atoms with Gasteiger partial charge in [0.1, 0.15) is 5.76 Å². The normalized spacial score (nSPS) is 11.2. The first-order chi connectivity index (χ1) is 8.81. The van der Waals surface area contributed by atoms with Crippen LogP contribution in [0.1, 0.15) is 17.0 Å². The van der Waals surface area contributed by atoms with Gasteiger partial charge in [-0.15, -0.1) is 0 Å². The summed E-state index contributed by atoms with van der Waals surface area (Å²) < 4.78 is 7.05. The Labute approximate surface area is 104 Å². The third kappa shape index (κ3) is 2.26. The van der Waals surface area contributed by atoms with Crippen molar-refractivity contribution in [3.05, 3.63) is 53.9 Å². The summed E-state index contributed by atoms with van der Waals surface area (Å²) in [5, 5.41) is 7.64. The lowest BCUT2D eigenvalue weighted by molar-refractivity contribution is 0.482. The van der Waals surface area contributed by atoms with Crippen molar-refractivity contribution in [1.82, 2.24) is 19.9 Å². The standard InChI is InChI=1S/C13H14N4O/c1-10-5-13-15-7-11(9-17(13)16-10)6-14-8-12-3-2-4-18-12/h2-5,7,9,14H,6,8H2,1H3. The van der Waals surface area contributed by atoms with Crippen molar-refractivity contribution in [3.63, 3.8) is 0 Å². The fourth-order valence-corrected chi connectivity index (χ4v) is 1.87. The van der Waals surface area contributed by atoms with E-state index in [-0.39, 0.29) is 0 Å². The fraction of sp³-hybridized carbons (Fsp3) is 0.231. The average molecular weight is 242 g/mol. The number of nitrogens with zero attached hydrogens (tertiary/aromatic N) is 3. The Balaban J connectivity index is 1.67. The molecule has 0 saturated heterocycles. The first kappa shape index (κ1) is 11.0. The fourth-order valence-electron chi connectivity index (χ4n) is 1.87. The molecule has 92 valence electrons. The molecule has 1 N–H and O–H groups in total. The van der Waals surface area contributed by atoms with Crippen molar-refractivity contribution in [1.29, 1.82) is 0 Å². The quantitative estimate of drug-likeness (QED) is 0.759. The van der Waals surface area contributed by atoms with Gasteiger partial charge < -0.3 is 9.73 Å². The van der Waals surface area contributed by atoms with E-state index in [1.807, 2.05) is 37.5 Å². The van der Waals surface area contributed by atoms with E-state index in [0.717, 1.165) is 29.2 Å². The number of nitrogens with one attached hydrogen (secondary N) is 1. The van der Waals surface area contributed by atoms with E-state index < -0.39 is 0 Å². The zero-order valence-electron chi connectivity index (χ0n) is 10.1. The summed E-state index contributed by atoms with van der Waals surface area (Å²) in [5.74, 6) is 0.930. The van der Waals surface area contributed by atoms with Crippen LogP contribution >= 0.6 is 0 Å². The minimum Gasteiger partial charge on any atom is -0.468 e. The molecule has 0 saturated carbocycles. The summed E-state index contributed by atoms with van der Waals surface area (Å²) >= 11 is 0. The summed E-state index contributed by atoms with van der Waals surface area (Å²) in [7, 11) is 0. The van der Waals surface area contributed by atoms with Gasteiger partial charge in [0, 0.05) is 30.6 Å². The molecule has 3 heterocycles. The van der Waals surface area contributed by atoms with Gasteiger partial charge in [0.2, 0.25) is 0 Å². The lowest BCUT2D eigenvalue weighted by Crippen LogP contribution is -2.13. The first-order valence-electron chi connectivity index (χ1n) is 5.85. The zero-order valence-corrected chi connectivity index (χ0v) is 10.1. The number of furan rings is 1. The summed E-state index contributed by atoms with van der Waals surface area (Å²) in [5.41, 5.74) is 2.95. The highest BCUT2D eigenvalue weighted by molar-refractivity contribution is 5.38. The molecule has 0 fully saturated rings. The number of fused-ring (bicyclic) bond motifs is 1. The Morgan fingerprint density at radius 2 is 2.33 bits per heavy atom. The molecule has 3 aromatic rings. The topological polar surface area (TPSA) is 55.4 Å². The first-order valence-corrected chi connectivity index (χ1v) is 5.85. The highest BCUT2D eigenvalue weighted by Crippen LogP contribution is 2.05. The molecule has 3 aromatic heterocycles. The van der Waals surface area contributed by atoms with Gasteiger partial charge in [-0.1, -0.05) is 0 Å². The van der Waals surface area contributed by atoms with E-state index in [0.29, 0.717) is 6.54 Å². The molecule has 3 rings (SSSR count). The van der Waals surface area contributed by atoms with E-state index in [9.17, 15) is 0 Å². The molecule has 0 aliphatic heterocycles. The van der Waals surface area contributed by atoms with Gasteiger partial charge in [-0.2, -0.15) is 5.10 Å². The molecule has 0 radical (unpaired) electrons. The zero-order chi connectivity index (χ0) is 12.4. The molecule has 0 amide bonds. The van der Waals surface area contributed by atoms with Gasteiger partial charge in [-0.25, -0.2) is 9.50 Å². The van der Waals surface area contributed by atoms with Crippen LogP contribution in [0.25, 0.3) is 5.65 Å². The van der Waals surface area contributed by atoms with Crippen molar-refractivity contribution in [3.8, 4) is 0 Å². The maximum Gasteiger partial charge on any atom is 0.155 e. The molecule has 5 nitrogen and oxygen atoms in total. The minimum atomic E-state index is 0.711. The lowest BCUT2D eigenvalue weighted by Gasteiger charge is -2.03. The highest BCUT2D eigenvalue weighted by atomic mass is 16.3. The van der Waals surface area contributed by atoms with Crippen LogP contribution in [0.3, 0.4) is 0 Å². The largest absolute Gasteiger partial charge is 0.468 e. The van der Waals surface area contributed by atoms with Crippen LogP contribution in [-0.2, 0) is 13.1 Å². The van der Waals surface area contributed by atoms with Gasteiger partial charge in [0.05, 0.1) is 18.5 Å². The van der Waals surface area contributed by atoms with Crippen molar-refractivity contribution in [2.24, 2.45) is 0 Å². The Kier molecular flexibility index (Phi) is 2.82. The Morgan fingerprint density at radius 3 is 3.17 bits per heavy atom. The monoisotopic (exact) mass is 242 g/mol. The number of aromatic nitrogens is 3.